The van der Waals surface area contributed by atoms with Crippen LogP contribution in [0.4, 0.5) is 0 Å². The first-order valence-electron chi connectivity index (χ1n) is 4.57. The van der Waals surface area contributed by atoms with Crippen molar-refractivity contribution in [2.75, 3.05) is 0 Å². The highest BCUT2D eigenvalue weighted by molar-refractivity contribution is 5.96. The average Bonchev–Trinajstić information content (AvgIpc) is 2.70. The fourth-order valence-electron chi connectivity index (χ4n) is 1.59. The third kappa shape index (κ3) is 1.64. The van der Waals surface area contributed by atoms with Crippen LogP contribution in [-0.4, -0.2) is 11.1 Å². The van der Waals surface area contributed by atoms with E-state index in [-0.39, 0.29) is 5.56 Å². The van der Waals surface area contributed by atoms with E-state index in [0.717, 1.165) is 5.56 Å². The molecule has 2 rings (SSSR count). The van der Waals surface area contributed by atoms with Crippen LogP contribution >= 0.6 is 0 Å². The van der Waals surface area contributed by atoms with Crippen LogP contribution in [0.5, 0.6) is 0 Å². The quantitative estimate of drug-likeness (QED) is 0.814. The predicted octanol–water partition coefficient (Wildman–Crippen LogP) is 2.95. The molecule has 0 aliphatic heterocycles. The van der Waals surface area contributed by atoms with Crippen LogP contribution in [0.1, 0.15) is 15.9 Å². The Hall–Kier alpha value is -2.03. The smallest absolute Gasteiger partial charge is 0.336 e. The molecule has 0 bridgehead atoms. The molecule has 1 aromatic carbocycles. The van der Waals surface area contributed by atoms with Gasteiger partial charge in [-0.15, -0.1) is 0 Å². The van der Waals surface area contributed by atoms with Crippen molar-refractivity contribution in [1.29, 1.82) is 0 Å². The summed E-state index contributed by atoms with van der Waals surface area (Å²) in [5.41, 5.74) is 1.81. The Morgan fingerprint density at radius 2 is 2.07 bits per heavy atom. The van der Waals surface area contributed by atoms with Crippen molar-refractivity contribution >= 4 is 5.97 Å². The van der Waals surface area contributed by atoms with E-state index >= 15 is 0 Å². The lowest BCUT2D eigenvalue weighted by Gasteiger charge is -2.06. The average molecular weight is 202 g/mol. The van der Waals surface area contributed by atoms with E-state index in [1.54, 1.807) is 24.3 Å². The third-order valence-corrected chi connectivity index (χ3v) is 2.27. The molecule has 0 spiro atoms. The summed E-state index contributed by atoms with van der Waals surface area (Å²) >= 11 is 0. The normalized spacial score (nSPS) is 10.2. The van der Waals surface area contributed by atoms with Gasteiger partial charge in [-0.2, -0.15) is 0 Å². The number of hydrogen-bond donors (Lipinski definition) is 1. The molecule has 0 amide bonds. The van der Waals surface area contributed by atoms with E-state index in [1.165, 1.54) is 6.26 Å². The van der Waals surface area contributed by atoms with Crippen LogP contribution in [0.25, 0.3) is 11.3 Å². The first-order chi connectivity index (χ1) is 7.20. The highest BCUT2D eigenvalue weighted by Crippen LogP contribution is 2.27. The van der Waals surface area contributed by atoms with Crippen molar-refractivity contribution < 1.29 is 14.3 Å². The maximum atomic E-state index is 11.0. The molecule has 1 N–H and O–H groups in total. The molecule has 15 heavy (non-hydrogen) atoms. The SMILES string of the molecule is Cc1cccc(C(=O)O)c1-c1ccco1. The number of carboxylic acids is 1. The zero-order valence-electron chi connectivity index (χ0n) is 8.23. The van der Waals surface area contributed by atoms with Crippen molar-refractivity contribution in [2.24, 2.45) is 0 Å². The summed E-state index contributed by atoms with van der Waals surface area (Å²) in [6.45, 7) is 1.87. The van der Waals surface area contributed by atoms with Crippen molar-refractivity contribution in [3.63, 3.8) is 0 Å². The second kappa shape index (κ2) is 3.61. The van der Waals surface area contributed by atoms with Gasteiger partial charge in [-0.3, -0.25) is 0 Å². The fraction of sp³-hybridized carbons (Fsp3) is 0.0833. The molecule has 0 atom stereocenters. The molecule has 1 heterocycles. The summed E-state index contributed by atoms with van der Waals surface area (Å²) in [6, 6.07) is 8.67. The lowest BCUT2D eigenvalue weighted by Crippen LogP contribution is -2.00. The van der Waals surface area contributed by atoms with Gasteiger partial charge < -0.3 is 9.52 Å². The molecular formula is C12H10O3. The fourth-order valence-corrected chi connectivity index (χ4v) is 1.59. The van der Waals surface area contributed by atoms with Gasteiger partial charge in [0.1, 0.15) is 5.76 Å². The molecule has 0 fully saturated rings. The Kier molecular flexibility index (Phi) is 2.29. The lowest BCUT2D eigenvalue weighted by molar-refractivity contribution is 0.0697. The topological polar surface area (TPSA) is 50.4 Å². The molecule has 1 aromatic heterocycles. The van der Waals surface area contributed by atoms with E-state index in [0.29, 0.717) is 11.3 Å². The maximum absolute atomic E-state index is 11.0. The molecule has 0 aliphatic carbocycles. The summed E-state index contributed by atoms with van der Waals surface area (Å²) in [4.78, 5) is 11.0. The zero-order valence-corrected chi connectivity index (χ0v) is 8.23. The van der Waals surface area contributed by atoms with Gasteiger partial charge in [-0.25, -0.2) is 4.79 Å². The van der Waals surface area contributed by atoms with Gasteiger partial charge in [-0.1, -0.05) is 12.1 Å². The Morgan fingerprint density at radius 3 is 2.67 bits per heavy atom. The number of furan rings is 1. The predicted molar refractivity (Wildman–Crippen MR) is 55.8 cm³/mol. The molecule has 2 aromatic rings. The van der Waals surface area contributed by atoms with Crippen LogP contribution in [0.3, 0.4) is 0 Å². The molecule has 0 aliphatic rings. The Labute approximate surface area is 87.0 Å². The number of carbonyl (C=O) groups is 1. The summed E-state index contributed by atoms with van der Waals surface area (Å²) < 4.78 is 5.23. The molecule has 76 valence electrons. The van der Waals surface area contributed by atoms with E-state index < -0.39 is 5.97 Å². The van der Waals surface area contributed by atoms with E-state index in [9.17, 15) is 4.79 Å². The summed E-state index contributed by atoms with van der Waals surface area (Å²) in [7, 11) is 0. The summed E-state index contributed by atoms with van der Waals surface area (Å²) in [5, 5.41) is 9.05. The largest absolute Gasteiger partial charge is 0.478 e. The summed E-state index contributed by atoms with van der Waals surface area (Å²) in [6.07, 6.45) is 1.54. The van der Waals surface area contributed by atoms with Gasteiger partial charge >= 0.3 is 5.97 Å². The monoisotopic (exact) mass is 202 g/mol. The van der Waals surface area contributed by atoms with Crippen LogP contribution < -0.4 is 0 Å². The van der Waals surface area contributed by atoms with Gasteiger partial charge in [0.15, 0.2) is 0 Å². The first kappa shape index (κ1) is 9.52. The van der Waals surface area contributed by atoms with Gasteiger partial charge in [0.2, 0.25) is 0 Å². The van der Waals surface area contributed by atoms with E-state index in [2.05, 4.69) is 0 Å². The number of benzene rings is 1. The zero-order chi connectivity index (χ0) is 10.8. The molecule has 0 unspecified atom stereocenters. The molecular weight excluding hydrogens is 192 g/mol. The first-order valence-corrected chi connectivity index (χ1v) is 4.57. The summed E-state index contributed by atoms with van der Waals surface area (Å²) in [5.74, 6) is -0.351. The Balaban J connectivity index is 2.68. The maximum Gasteiger partial charge on any atom is 0.336 e. The van der Waals surface area contributed by atoms with Crippen LogP contribution in [0.15, 0.2) is 41.0 Å². The van der Waals surface area contributed by atoms with E-state index in [1.807, 2.05) is 13.0 Å². The Bertz CT molecular complexity index is 484. The molecule has 0 radical (unpaired) electrons. The minimum Gasteiger partial charge on any atom is -0.478 e. The number of hydrogen-bond acceptors (Lipinski definition) is 2. The van der Waals surface area contributed by atoms with Crippen LogP contribution in [0, 0.1) is 6.92 Å². The molecule has 3 nitrogen and oxygen atoms in total. The molecule has 0 saturated heterocycles. The van der Waals surface area contributed by atoms with Crippen molar-refractivity contribution in [3.8, 4) is 11.3 Å². The second-order valence-corrected chi connectivity index (χ2v) is 3.28. The lowest BCUT2D eigenvalue weighted by atomic mass is 10.00. The molecule has 0 saturated carbocycles. The van der Waals surface area contributed by atoms with Crippen molar-refractivity contribution in [1.82, 2.24) is 0 Å². The van der Waals surface area contributed by atoms with Gasteiger partial charge in [0.25, 0.3) is 0 Å². The van der Waals surface area contributed by atoms with Gasteiger partial charge in [-0.05, 0) is 30.7 Å². The van der Waals surface area contributed by atoms with Gasteiger partial charge in [0.05, 0.1) is 11.8 Å². The number of aromatic carboxylic acids is 1. The van der Waals surface area contributed by atoms with E-state index in [4.69, 9.17) is 9.52 Å². The number of carboxylic acid groups (broad SMARTS) is 1. The highest BCUT2D eigenvalue weighted by Gasteiger charge is 2.15. The minimum atomic E-state index is -0.940. The second-order valence-electron chi connectivity index (χ2n) is 3.28. The third-order valence-electron chi connectivity index (χ3n) is 2.27. The molecule has 3 heteroatoms. The van der Waals surface area contributed by atoms with Crippen molar-refractivity contribution in [2.45, 2.75) is 6.92 Å². The van der Waals surface area contributed by atoms with Crippen LogP contribution in [0.2, 0.25) is 0 Å². The standard InChI is InChI=1S/C12H10O3/c1-8-4-2-5-9(12(13)14)11(8)10-6-3-7-15-10/h2-7H,1H3,(H,13,14). The van der Waals surface area contributed by atoms with Crippen molar-refractivity contribution in [3.05, 3.63) is 47.7 Å². The van der Waals surface area contributed by atoms with Gasteiger partial charge in [0, 0.05) is 5.56 Å². The number of rotatable bonds is 2. The number of aryl methyl sites for hydroxylation is 1. The highest BCUT2D eigenvalue weighted by atomic mass is 16.4. The Morgan fingerprint density at radius 1 is 1.27 bits per heavy atom. The minimum absolute atomic E-state index is 0.268. The van der Waals surface area contributed by atoms with Crippen LogP contribution in [-0.2, 0) is 0 Å².